The van der Waals surface area contributed by atoms with E-state index in [0.29, 0.717) is 23.5 Å². The third-order valence-corrected chi connectivity index (χ3v) is 5.01. The second kappa shape index (κ2) is 12.7. The van der Waals surface area contributed by atoms with Crippen LogP contribution in [0.15, 0.2) is 104 Å². The Bertz CT molecular complexity index is 1270. The van der Waals surface area contributed by atoms with Gasteiger partial charge in [0.15, 0.2) is 0 Å². The van der Waals surface area contributed by atoms with Crippen LogP contribution in [0.1, 0.15) is 18.1 Å². The van der Waals surface area contributed by atoms with Gasteiger partial charge in [-0.25, -0.2) is 14.4 Å². The predicted octanol–water partition coefficient (Wildman–Crippen LogP) is 5.73. The SMILES string of the molecule is C=CC(=O)OCCc1ccc(OC(=O)/C=C/c2ccc(-c3ccc(OC(=O)C(=C)C)cc3)cc2)cc1. The Balaban J connectivity index is 1.51. The maximum absolute atomic E-state index is 12.2. The molecule has 3 aromatic rings. The van der Waals surface area contributed by atoms with Crippen LogP contribution in [-0.4, -0.2) is 24.5 Å². The van der Waals surface area contributed by atoms with Gasteiger partial charge in [-0.05, 0) is 59.5 Å². The van der Waals surface area contributed by atoms with E-state index in [-0.39, 0.29) is 6.61 Å². The van der Waals surface area contributed by atoms with Gasteiger partial charge in [-0.15, -0.1) is 0 Å². The van der Waals surface area contributed by atoms with Crippen molar-refractivity contribution in [3.63, 3.8) is 0 Å². The maximum atomic E-state index is 12.2. The molecule has 0 fully saturated rings. The molecule has 6 heteroatoms. The number of ether oxygens (including phenoxy) is 3. The van der Waals surface area contributed by atoms with E-state index in [1.54, 1.807) is 37.3 Å². The standard InChI is InChI=1S/C30H26O6/c1-4-28(31)34-20-19-23-7-14-26(15-8-23)35-29(32)18-9-22-5-10-24(11-6-22)25-12-16-27(17-13-25)36-30(33)21(2)3/h4-18H,1-2,19-20H2,3H3/b18-9+. The van der Waals surface area contributed by atoms with Gasteiger partial charge in [0, 0.05) is 24.1 Å². The van der Waals surface area contributed by atoms with Crippen LogP contribution in [0, 0.1) is 0 Å². The average molecular weight is 483 g/mol. The minimum absolute atomic E-state index is 0.252. The Kier molecular flexibility index (Phi) is 9.12. The van der Waals surface area contributed by atoms with Crippen LogP contribution in [0.5, 0.6) is 11.5 Å². The van der Waals surface area contributed by atoms with Crippen molar-refractivity contribution in [2.24, 2.45) is 0 Å². The first-order valence-corrected chi connectivity index (χ1v) is 11.2. The van der Waals surface area contributed by atoms with Gasteiger partial charge < -0.3 is 14.2 Å². The summed E-state index contributed by atoms with van der Waals surface area (Å²) in [6, 6.07) is 21.8. The Hall–Kier alpha value is -4.71. The highest BCUT2D eigenvalue weighted by molar-refractivity contribution is 5.89. The van der Waals surface area contributed by atoms with E-state index < -0.39 is 17.9 Å². The monoisotopic (exact) mass is 482 g/mol. The highest BCUT2D eigenvalue weighted by Crippen LogP contribution is 2.23. The lowest BCUT2D eigenvalue weighted by atomic mass is 10.0. The minimum atomic E-state index is -0.494. The molecule has 0 unspecified atom stereocenters. The van der Waals surface area contributed by atoms with E-state index in [1.807, 2.05) is 48.5 Å². The van der Waals surface area contributed by atoms with Crippen molar-refractivity contribution >= 4 is 24.0 Å². The molecular formula is C30H26O6. The molecule has 36 heavy (non-hydrogen) atoms. The van der Waals surface area contributed by atoms with E-state index in [2.05, 4.69) is 13.2 Å². The molecule has 0 aromatic heterocycles. The van der Waals surface area contributed by atoms with Gasteiger partial charge in [-0.2, -0.15) is 0 Å². The zero-order valence-corrected chi connectivity index (χ0v) is 19.9. The first-order chi connectivity index (χ1) is 17.3. The topological polar surface area (TPSA) is 78.9 Å². The number of hydrogen-bond donors (Lipinski definition) is 0. The zero-order chi connectivity index (χ0) is 25.9. The molecule has 0 aliphatic heterocycles. The molecule has 0 aliphatic carbocycles. The Labute approximate surface area is 210 Å². The smallest absolute Gasteiger partial charge is 0.338 e. The summed E-state index contributed by atoms with van der Waals surface area (Å²) in [5, 5.41) is 0. The lowest BCUT2D eigenvalue weighted by Gasteiger charge is -2.06. The van der Waals surface area contributed by atoms with Crippen LogP contribution in [-0.2, 0) is 25.5 Å². The normalized spacial score (nSPS) is 10.5. The van der Waals surface area contributed by atoms with Crippen LogP contribution in [0.3, 0.4) is 0 Å². The Morgan fingerprint density at radius 1 is 0.778 bits per heavy atom. The fraction of sp³-hybridized carbons (Fsp3) is 0.100. The summed E-state index contributed by atoms with van der Waals surface area (Å²) in [6.45, 7) is 8.76. The second-order valence-electron chi connectivity index (χ2n) is 7.84. The third kappa shape index (κ3) is 7.95. The summed E-state index contributed by atoms with van der Waals surface area (Å²) in [5.74, 6) is -0.540. The molecule has 6 nitrogen and oxygen atoms in total. The number of benzene rings is 3. The van der Waals surface area contributed by atoms with E-state index >= 15 is 0 Å². The summed E-state index contributed by atoms with van der Waals surface area (Å²) in [7, 11) is 0. The quantitative estimate of drug-likeness (QED) is 0.209. The van der Waals surface area contributed by atoms with Gasteiger partial charge in [0.25, 0.3) is 0 Å². The minimum Gasteiger partial charge on any atom is -0.462 e. The highest BCUT2D eigenvalue weighted by Gasteiger charge is 2.06. The van der Waals surface area contributed by atoms with Crippen LogP contribution >= 0.6 is 0 Å². The van der Waals surface area contributed by atoms with Gasteiger partial charge in [0.2, 0.25) is 0 Å². The van der Waals surface area contributed by atoms with Crippen molar-refractivity contribution in [2.75, 3.05) is 6.61 Å². The molecule has 0 saturated carbocycles. The first kappa shape index (κ1) is 25.9. The van der Waals surface area contributed by atoms with E-state index in [4.69, 9.17) is 14.2 Å². The maximum Gasteiger partial charge on any atom is 0.338 e. The third-order valence-electron chi connectivity index (χ3n) is 5.01. The van der Waals surface area contributed by atoms with Crippen molar-refractivity contribution in [1.82, 2.24) is 0 Å². The second-order valence-corrected chi connectivity index (χ2v) is 7.84. The van der Waals surface area contributed by atoms with Crippen LogP contribution < -0.4 is 9.47 Å². The molecule has 3 rings (SSSR count). The molecule has 0 amide bonds. The molecule has 0 spiro atoms. The first-order valence-electron chi connectivity index (χ1n) is 11.2. The summed E-state index contributed by atoms with van der Waals surface area (Å²) < 4.78 is 15.5. The van der Waals surface area contributed by atoms with Crippen molar-refractivity contribution in [2.45, 2.75) is 13.3 Å². The molecule has 0 radical (unpaired) electrons. The van der Waals surface area contributed by atoms with E-state index in [0.717, 1.165) is 28.3 Å². The van der Waals surface area contributed by atoms with Crippen molar-refractivity contribution < 1.29 is 28.6 Å². The molecule has 0 atom stereocenters. The van der Waals surface area contributed by atoms with E-state index in [9.17, 15) is 14.4 Å². The van der Waals surface area contributed by atoms with Gasteiger partial charge in [-0.3, -0.25) is 0 Å². The fourth-order valence-electron chi connectivity index (χ4n) is 3.06. The van der Waals surface area contributed by atoms with E-state index in [1.165, 1.54) is 6.08 Å². The van der Waals surface area contributed by atoms with Crippen molar-refractivity contribution in [1.29, 1.82) is 0 Å². The predicted molar refractivity (Wildman–Crippen MR) is 138 cm³/mol. The molecule has 0 aliphatic rings. The highest BCUT2D eigenvalue weighted by atomic mass is 16.5. The van der Waals surface area contributed by atoms with Gasteiger partial charge in [0.1, 0.15) is 11.5 Å². The van der Waals surface area contributed by atoms with Crippen molar-refractivity contribution in [3.8, 4) is 22.6 Å². The molecule has 0 saturated heterocycles. The lowest BCUT2D eigenvalue weighted by molar-refractivity contribution is -0.137. The molecule has 0 bridgehead atoms. The Morgan fingerprint density at radius 2 is 1.33 bits per heavy atom. The summed E-state index contributed by atoms with van der Waals surface area (Å²) in [5.41, 5.74) is 4.07. The molecular weight excluding hydrogens is 456 g/mol. The fourth-order valence-corrected chi connectivity index (χ4v) is 3.06. The van der Waals surface area contributed by atoms with Crippen LogP contribution in [0.25, 0.3) is 17.2 Å². The van der Waals surface area contributed by atoms with Gasteiger partial charge in [0.05, 0.1) is 6.61 Å². The lowest BCUT2D eigenvalue weighted by Crippen LogP contribution is -2.07. The number of rotatable bonds is 10. The summed E-state index contributed by atoms with van der Waals surface area (Å²) in [6.07, 6.45) is 4.71. The van der Waals surface area contributed by atoms with Gasteiger partial charge >= 0.3 is 17.9 Å². The number of hydrogen-bond acceptors (Lipinski definition) is 6. The Morgan fingerprint density at radius 3 is 1.92 bits per heavy atom. The molecule has 182 valence electrons. The summed E-state index contributed by atoms with van der Waals surface area (Å²) in [4.78, 5) is 34.8. The van der Waals surface area contributed by atoms with Gasteiger partial charge in [-0.1, -0.05) is 61.7 Å². The van der Waals surface area contributed by atoms with Crippen molar-refractivity contribution in [3.05, 3.63) is 115 Å². The number of esters is 3. The number of carbonyl (C=O) groups excluding carboxylic acids is 3. The summed E-state index contributed by atoms with van der Waals surface area (Å²) >= 11 is 0. The number of carbonyl (C=O) groups is 3. The molecule has 0 N–H and O–H groups in total. The largest absolute Gasteiger partial charge is 0.462 e. The van der Waals surface area contributed by atoms with Crippen LogP contribution in [0.2, 0.25) is 0 Å². The average Bonchev–Trinajstić information content (AvgIpc) is 2.89. The van der Waals surface area contributed by atoms with Crippen LogP contribution in [0.4, 0.5) is 0 Å². The molecule has 0 heterocycles. The zero-order valence-electron chi connectivity index (χ0n) is 19.9. The molecule has 3 aromatic carbocycles.